The molecule has 0 saturated heterocycles. The molecule has 0 radical (unpaired) electrons. The molecule has 0 aromatic heterocycles. The Bertz CT molecular complexity index is 337. The average Bonchev–Trinajstić information content (AvgIpc) is 2.68. The number of rotatable bonds is 5. The molecule has 0 bridgehead atoms. The number of benzene rings is 1. The van der Waals surface area contributed by atoms with Gasteiger partial charge in [0.2, 0.25) is 0 Å². The molecule has 2 heteroatoms. The van der Waals surface area contributed by atoms with Crippen LogP contribution in [0.25, 0.3) is 0 Å². The van der Waals surface area contributed by atoms with Gasteiger partial charge in [-0.3, -0.25) is 0 Å². The zero-order valence-electron chi connectivity index (χ0n) is 10.7. The predicted octanol–water partition coefficient (Wildman–Crippen LogP) is 4.58. The summed E-state index contributed by atoms with van der Waals surface area (Å²) in [4.78, 5) is 0.634. The summed E-state index contributed by atoms with van der Waals surface area (Å²) in [6.45, 7) is 4.55. The van der Waals surface area contributed by atoms with Crippen molar-refractivity contribution in [3.8, 4) is 5.75 Å². The second kappa shape index (κ2) is 5.90. The van der Waals surface area contributed by atoms with Gasteiger partial charge in [-0.05, 0) is 36.8 Å². The maximum atomic E-state index is 5.94. The van der Waals surface area contributed by atoms with Gasteiger partial charge in [0, 0.05) is 11.2 Å². The van der Waals surface area contributed by atoms with Crippen LogP contribution in [0, 0.1) is 5.92 Å². The predicted molar refractivity (Wildman–Crippen MR) is 76.0 cm³/mol. The Labute approximate surface area is 113 Å². The molecule has 0 spiro atoms. The SMILES string of the molecule is CC(C)CC(Br)CCC1Cc2ccccc2O1. The molecule has 0 amide bonds. The monoisotopic (exact) mass is 296 g/mol. The molecule has 0 N–H and O–H groups in total. The molecule has 1 aromatic carbocycles. The Balaban J connectivity index is 1.76. The third kappa shape index (κ3) is 3.74. The van der Waals surface area contributed by atoms with Crippen molar-refractivity contribution in [1.82, 2.24) is 0 Å². The largest absolute Gasteiger partial charge is 0.490 e. The smallest absolute Gasteiger partial charge is 0.123 e. The molecule has 0 aliphatic carbocycles. The van der Waals surface area contributed by atoms with Crippen molar-refractivity contribution in [2.45, 2.75) is 50.5 Å². The Kier molecular flexibility index (Phi) is 4.49. The molecule has 2 atom stereocenters. The summed E-state index contributed by atoms with van der Waals surface area (Å²) < 4.78 is 5.94. The Morgan fingerprint density at radius 1 is 1.35 bits per heavy atom. The number of halogens is 1. The fraction of sp³-hybridized carbons (Fsp3) is 0.600. The van der Waals surface area contributed by atoms with Gasteiger partial charge in [0.1, 0.15) is 11.9 Å². The van der Waals surface area contributed by atoms with Crippen molar-refractivity contribution >= 4 is 15.9 Å². The summed E-state index contributed by atoms with van der Waals surface area (Å²) in [6.07, 6.45) is 5.07. The van der Waals surface area contributed by atoms with Crippen LogP contribution in [0.3, 0.4) is 0 Å². The first-order valence-electron chi connectivity index (χ1n) is 6.53. The van der Waals surface area contributed by atoms with Crippen LogP contribution in [0.1, 0.15) is 38.7 Å². The summed E-state index contributed by atoms with van der Waals surface area (Å²) in [5.74, 6) is 1.86. The summed E-state index contributed by atoms with van der Waals surface area (Å²) in [5, 5.41) is 0. The van der Waals surface area contributed by atoms with Crippen molar-refractivity contribution in [2.24, 2.45) is 5.92 Å². The van der Waals surface area contributed by atoms with Gasteiger partial charge in [-0.2, -0.15) is 0 Å². The van der Waals surface area contributed by atoms with Crippen LogP contribution in [-0.2, 0) is 6.42 Å². The van der Waals surface area contributed by atoms with Crippen molar-refractivity contribution < 1.29 is 4.74 Å². The third-order valence-electron chi connectivity index (χ3n) is 3.24. The standard InChI is InChI=1S/C15H21BrO/c1-11(2)9-13(16)7-8-14-10-12-5-3-4-6-15(12)17-14/h3-6,11,13-14H,7-10H2,1-2H3. The minimum Gasteiger partial charge on any atom is -0.490 e. The lowest BCUT2D eigenvalue weighted by Crippen LogP contribution is -2.15. The number of hydrogen-bond acceptors (Lipinski definition) is 1. The maximum Gasteiger partial charge on any atom is 0.123 e. The van der Waals surface area contributed by atoms with E-state index in [1.807, 2.05) is 6.07 Å². The molecule has 17 heavy (non-hydrogen) atoms. The summed E-state index contributed by atoms with van der Waals surface area (Å²) in [6, 6.07) is 8.40. The van der Waals surface area contributed by atoms with Crippen LogP contribution in [0.15, 0.2) is 24.3 Å². The van der Waals surface area contributed by atoms with Gasteiger partial charge in [0.25, 0.3) is 0 Å². The zero-order chi connectivity index (χ0) is 12.3. The minimum atomic E-state index is 0.389. The van der Waals surface area contributed by atoms with Gasteiger partial charge in [-0.25, -0.2) is 0 Å². The number of para-hydroxylation sites is 1. The molecular formula is C15H21BrO. The first kappa shape index (κ1) is 12.9. The van der Waals surface area contributed by atoms with Gasteiger partial charge in [-0.1, -0.05) is 48.0 Å². The third-order valence-corrected chi connectivity index (χ3v) is 4.07. The Morgan fingerprint density at radius 3 is 2.82 bits per heavy atom. The van der Waals surface area contributed by atoms with Crippen LogP contribution in [0.2, 0.25) is 0 Å². The molecule has 0 fully saturated rings. The molecule has 1 heterocycles. The van der Waals surface area contributed by atoms with E-state index in [-0.39, 0.29) is 0 Å². The second-order valence-electron chi connectivity index (χ2n) is 5.36. The highest BCUT2D eigenvalue weighted by molar-refractivity contribution is 9.09. The van der Waals surface area contributed by atoms with Crippen LogP contribution < -0.4 is 4.74 Å². The number of ether oxygens (including phenoxy) is 1. The second-order valence-corrected chi connectivity index (χ2v) is 6.65. The number of fused-ring (bicyclic) bond motifs is 1. The van der Waals surface area contributed by atoms with Gasteiger partial charge >= 0.3 is 0 Å². The van der Waals surface area contributed by atoms with Gasteiger partial charge in [-0.15, -0.1) is 0 Å². The zero-order valence-corrected chi connectivity index (χ0v) is 12.2. The lowest BCUT2D eigenvalue weighted by Gasteiger charge is -2.15. The summed E-state index contributed by atoms with van der Waals surface area (Å²) in [7, 11) is 0. The molecule has 1 aliphatic rings. The molecule has 2 unspecified atom stereocenters. The highest BCUT2D eigenvalue weighted by Gasteiger charge is 2.22. The normalized spacial score (nSPS) is 20.1. The van der Waals surface area contributed by atoms with Crippen molar-refractivity contribution in [1.29, 1.82) is 0 Å². The van der Waals surface area contributed by atoms with E-state index in [0.29, 0.717) is 10.9 Å². The highest BCUT2D eigenvalue weighted by Crippen LogP contribution is 2.31. The molecule has 94 valence electrons. The fourth-order valence-electron chi connectivity index (χ4n) is 2.41. The molecular weight excluding hydrogens is 276 g/mol. The van der Waals surface area contributed by atoms with E-state index < -0.39 is 0 Å². The van der Waals surface area contributed by atoms with E-state index in [2.05, 4.69) is 48.0 Å². The van der Waals surface area contributed by atoms with E-state index in [1.165, 1.54) is 18.4 Å². The molecule has 1 nitrogen and oxygen atoms in total. The Hall–Kier alpha value is -0.500. The topological polar surface area (TPSA) is 9.23 Å². The minimum absolute atomic E-state index is 0.389. The lowest BCUT2D eigenvalue weighted by molar-refractivity contribution is 0.216. The first-order valence-corrected chi connectivity index (χ1v) is 7.45. The molecule has 1 aromatic rings. The van der Waals surface area contributed by atoms with E-state index in [9.17, 15) is 0 Å². The summed E-state index contributed by atoms with van der Waals surface area (Å²) >= 11 is 3.77. The van der Waals surface area contributed by atoms with Crippen molar-refractivity contribution in [3.05, 3.63) is 29.8 Å². The number of hydrogen-bond donors (Lipinski definition) is 0. The van der Waals surface area contributed by atoms with Crippen LogP contribution >= 0.6 is 15.9 Å². The fourth-order valence-corrected chi connectivity index (χ4v) is 3.42. The van der Waals surface area contributed by atoms with Crippen LogP contribution in [0.4, 0.5) is 0 Å². The highest BCUT2D eigenvalue weighted by atomic mass is 79.9. The van der Waals surface area contributed by atoms with Gasteiger partial charge in [0.05, 0.1) is 0 Å². The Morgan fingerprint density at radius 2 is 2.12 bits per heavy atom. The number of alkyl halides is 1. The van der Waals surface area contributed by atoms with E-state index >= 15 is 0 Å². The van der Waals surface area contributed by atoms with Crippen LogP contribution in [-0.4, -0.2) is 10.9 Å². The van der Waals surface area contributed by atoms with E-state index in [0.717, 1.165) is 24.5 Å². The van der Waals surface area contributed by atoms with Gasteiger partial charge < -0.3 is 4.74 Å². The summed E-state index contributed by atoms with van der Waals surface area (Å²) in [5.41, 5.74) is 1.37. The quantitative estimate of drug-likeness (QED) is 0.723. The van der Waals surface area contributed by atoms with Crippen LogP contribution in [0.5, 0.6) is 5.75 Å². The molecule has 0 saturated carbocycles. The van der Waals surface area contributed by atoms with Crippen molar-refractivity contribution in [2.75, 3.05) is 0 Å². The molecule has 1 aliphatic heterocycles. The first-order chi connectivity index (χ1) is 8.15. The average molecular weight is 297 g/mol. The maximum absolute atomic E-state index is 5.94. The van der Waals surface area contributed by atoms with E-state index in [1.54, 1.807) is 0 Å². The lowest BCUT2D eigenvalue weighted by atomic mass is 10.0. The van der Waals surface area contributed by atoms with Gasteiger partial charge in [0.15, 0.2) is 0 Å². The van der Waals surface area contributed by atoms with E-state index in [4.69, 9.17) is 4.74 Å². The molecule has 2 rings (SSSR count). The van der Waals surface area contributed by atoms with Crippen molar-refractivity contribution in [3.63, 3.8) is 0 Å².